The van der Waals surface area contributed by atoms with Crippen molar-refractivity contribution in [3.63, 3.8) is 0 Å². The van der Waals surface area contributed by atoms with Crippen LogP contribution < -0.4 is 10.5 Å². The second-order valence-corrected chi connectivity index (χ2v) is 7.67. The first-order valence-electron chi connectivity index (χ1n) is 6.93. The van der Waals surface area contributed by atoms with Gasteiger partial charge in [-0.2, -0.15) is 0 Å². The third kappa shape index (κ3) is 4.74. The molecule has 1 aromatic rings. The number of nitrogens with two attached hydrogens (primary N) is 1. The van der Waals surface area contributed by atoms with Gasteiger partial charge in [-0.25, -0.2) is 13.1 Å². The highest BCUT2D eigenvalue weighted by Crippen LogP contribution is 2.15. The predicted molar refractivity (Wildman–Crippen MR) is 88.6 cm³/mol. The fourth-order valence-electron chi connectivity index (χ4n) is 2.51. The molecule has 0 radical (unpaired) electrons. The Bertz CT molecular complexity index is 608. The molecule has 0 bridgehead atoms. The predicted octanol–water partition coefficient (Wildman–Crippen LogP) is 0.834. The average Bonchev–Trinajstić information content (AvgIpc) is 2.41. The Morgan fingerprint density at radius 2 is 2.00 bits per heavy atom. The zero-order valence-corrected chi connectivity index (χ0v) is 13.7. The van der Waals surface area contributed by atoms with E-state index in [0.29, 0.717) is 11.1 Å². The third-order valence-electron chi connectivity index (χ3n) is 3.69. The van der Waals surface area contributed by atoms with Crippen molar-refractivity contribution in [2.75, 3.05) is 20.1 Å². The van der Waals surface area contributed by atoms with Gasteiger partial charge in [-0.3, -0.25) is 0 Å². The molecule has 0 saturated carbocycles. The minimum absolute atomic E-state index is 0.0168. The number of hydrogen-bond donors (Lipinski definition) is 2. The molecule has 1 aromatic carbocycles. The highest BCUT2D eigenvalue weighted by molar-refractivity contribution is 7.88. The Morgan fingerprint density at radius 3 is 2.62 bits per heavy atom. The van der Waals surface area contributed by atoms with Gasteiger partial charge in [-0.1, -0.05) is 36.5 Å². The van der Waals surface area contributed by atoms with Crippen LogP contribution >= 0.6 is 12.2 Å². The lowest BCUT2D eigenvalue weighted by molar-refractivity contribution is 0.248. The largest absolute Gasteiger partial charge is 0.389 e. The van der Waals surface area contributed by atoms with Gasteiger partial charge in [0.05, 0.1) is 5.75 Å². The summed E-state index contributed by atoms with van der Waals surface area (Å²) in [5.41, 5.74) is 6.91. The molecule has 1 aliphatic rings. The molecule has 1 heterocycles. The molecule has 21 heavy (non-hydrogen) atoms. The molecule has 7 heteroatoms. The van der Waals surface area contributed by atoms with Crippen LogP contribution in [0.3, 0.4) is 0 Å². The molecule has 3 N–H and O–H groups in total. The van der Waals surface area contributed by atoms with Gasteiger partial charge in [0, 0.05) is 11.6 Å². The number of benzene rings is 1. The Balaban J connectivity index is 2.06. The van der Waals surface area contributed by atoms with Crippen molar-refractivity contribution >= 4 is 27.2 Å². The monoisotopic (exact) mass is 327 g/mol. The van der Waals surface area contributed by atoms with Crippen molar-refractivity contribution in [2.45, 2.75) is 24.6 Å². The van der Waals surface area contributed by atoms with Crippen LogP contribution in [-0.4, -0.2) is 44.5 Å². The highest BCUT2D eigenvalue weighted by Gasteiger charge is 2.23. The maximum absolute atomic E-state index is 12.3. The summed E-state index contributed by atoms with van der Waals surface area (Å²) >= 11 is 4.97. The first kappa shape index (κ1) is 16.4. The molecular formula is C14H21N3O2S2. The SMILES string of the molecule is CN1CCC(NS(=O)(=O)Cc2ccccc2C(N)=S)CC1. The number of hydrogen-bond acceptors (Lipinski definition) is 4. The lowest BCUT2D eigenvalue weighted by atomic mass is 10.1. The van der Waals surface area contributed by atoms with E-state index in [1.165, 1.54) is 0 Å². The summed E-state index contributed by atoms with van der Waals surface area (Å²) < 4.78 is 27.4. The first-order valence-corrected chi connectivity index (χ1v) is 9.00. The molecule has 0 unspecified atom stereocenters. The smallest absolute Gasteiger partial charge is 0.216 e. The summed E-state index contributed by atoms with van der Waals surface area (Å²) in [6, 6.07) is 7.12. The minimum Gasteiger partial charge on any atom is -0.389 e. The number of sulfonamides is 1. The van der Waals surface area contributed by atoms with Crippen LogP contribution in [0.5, 0.6) is 0 Å². The molecule has 0 atom stereocenters. The Morgan fingerprint density at radius 1 is 1.38 bits per heavy atom. The number of thiocarbonyl (C=S) groups is 1. The standard InChI is InChI=1S/C14H21N3O2S2/c1-17-8-6-12(7-9-17)16-21(18,19)10-11-4-2-3-5-13(11)14(15)20/h2-5,12,16H,6-10H2,1H3,(H2,15,20). The van der Waals surface area contributed by atoms with E-state index in [-0.39, 0.29) is 16.8 Å². The molecule has 1 fully saturated rings. The van der Waals surface area contributed by atoms with E-state index in [1.54, 1.807) is 24.3 Å². The molecule has 1 aliphatic heterocycles. The van der Waals surface area contributed by atoms with Crippen LogP contribution in [0, 0.1) is 0 Å². The second kappa shape index (κ2) is 6.83. The van der Waals surface area contributed by atoms with Gasteiger partial charge in [0.2, 0.25) is 10.0 Å². The van der Waals surface area contributed by atoms with E-state index in [0.717, 1.165) is 25.9 Å². The lowest BCUT2D eigenvalue weighted by Gasteiger charge is -2.29. The number of nitrogens with one attached hydrogen (secondary N) is 1. The maximum atomic E-state index is 12.3. The first-order chi connectivity index (χ1) is 9.87. The third-order valence-corrected chi connectivity index (χ3v) is 5.30. The zero-order valence-electron chi connectivity index (χ0n) is 12.1. The number of piperidine rings is 1. The van der Waals surface area contributed by atoms with Crippen LogP contribution in [0.25, 0.3) is 0 Å². The molecule has 116 valence electrons. The van der Waals surface area contributed by atoms with Gasteiger partial charge >= 0.3 is 0 Å². The Hall–Kier alpha value is -1.02. The van der Waals surface area contributed by atoms with E-state index in [9.17, 15) is 8.42 Å². The quantitative estimate of drug-likeness (QED) is 0.784. The van der Waals surface area contributed by atoms with E-state index >= 15 is 0 Å². The fraction of sp³-hybridized carbons (Fsp3) is 0.500. The Labute approximate surface area is 131 Å². The van der Waals surface area contributed by atoms with Gasteiger partial charge in [0.1, 0.15) is 4.99 Å². The molecule has 0 spiro atoms. The van der Waals surface area contributed by atoms with Crippen LogP contribution in [0.1, 0.15) is 24.0 Å². The highest BCUT2D eigenvalue weighted by atomic mass is 32.2. The number of nitrogens with zero attached hydrogens (tertiary/aromatic N) is 1. The van der Waals surface area contributed by atoms with Crippen molar-refractivity contribution in [2.24, 2.45) is 5.73 Å². The summed E-state index contributed by atoms with van der Waals surface area (Å²) in [5, 5.41) is 0. The van der Waals surface area contributed by atoms with Gasteiger partial charge in [-0.15, -0.1) is 0 Å². The molecule has 0 aromatic heterocycles. The summed E-state index contributed by atoms with van der Waals surface area (Å²) in [5.74, 6) is -0.0904. The van der Waals surface area contributed by atoms with Crippen molar-refractivity contribution in [3.05, 3.63) is 35.4 Å². The van der Waals surface area contributed by atoms with Crippen molar-refractivity contribution < 1.29 is 8.42 Å². The molecule has 0 aliphatic carbocycles. The molecule has 5 nitrogen and oxygen atoms in total. The fourth-order valence-corrected chi connectivity index (χ4v) is 4.20. The van der Waals surface area contributed by atoms with Crippen LogP contribution in [0.4, 0.5) is 0 Å². The average molecular weight is 327 g/mol. The second-order valence-electron chi connectivity index (χ2n) is 5.48. The maximum Gasteiger partial charge on any atom is 0.216 e. The van der Waals surface area contributed by atoms with Gasteiger partial charge in [-0.05, 0) is 38.5 Å². The topological polar surface area (TPSA) is 75.4 Å². The van der Waals surface area contributed by atoms with E-state index in [2.05, 4.69) is 9.62 Å². The number of likely N-dealkylation sites (tertiary alicyclic amines) is 1. The normalized spacial score (nSPS) is 17.8. The Kier molecular flexibility index (Phi) is 5.32. The molecule has 2 rings (SSSR count). The van der Waals surface area contributed by atoms with Crippen molar-refractivity contribution in [1.29, 1.82) is 0 Å². The summed E-state index contributed by atoms with van der Waals surface area (Å²) in [6.07, 6.45) is 1.68. The molecule has 1 saturated heterocycles. The van der Waals surface area contributed by atoms with Crippen molar-refractivity contribution in [3.8, 4) is 0 Å². The summed E-state index contributed by atoms with van der Waals surface area (Å²) in [4.78, 5) is 2.42. The summed E-state index contributed by atoms with van der Waals surface area (Å²) in [7, 11) is -1.35. The number of rotatable bonds is 5. The van der Waals surface area contributed by atoms with Gasteiger partial charge in [0.15, 0.2) is 0 Å². The van der Waals surface area contributed by atoms with Crippen LogP contribution in [-0.2, 0) is 15.8 Å². The van der Waals surface area contributed by atoms with E-state index in [1.807, 2.05) is 7.05 Å². The summed E-state index contributed by atoms with van der Waals surface area (Å²) in [6.45, 7) is 1.83. The molecule has 0 amide bonds. The molecular weight excluding hydrogens is 306 g/mol. The minimum atomic E-state index is -3.39. The van der Waals surface area contributed by atoms with E-state index in [4.69, 9.17) is 18.0 Å². The van der Waals surface area contributed by atoms with Crippen molar-refractivity contribution in [1.82, 2.24) is 9.62 Å². The van der Waals surface area contributed by atoms with Gasteiger partial charge < -0.3 is 10.6 Å². The van der Waals surface area contributed by atoms with Crippen LogP contribution in [0.2, 0.25) is 0 Å². The van der Waals surface area contributed by atoms with Crippen LogP contribution in [0.15, 0.2) is 24.3 Å². The zero-order chi connectivity index (χ0) is 15.5. The van der Waals surface area contributed by atoms with E-state index < -0.39 is 10.0 Å². The lowest BCUT2D eigenvalue weighted by Crippen LogP contribution is -2.43. The van der Waals surface area contributed by atoms with Gasteiger partial charge in [0.25, 0.3) is 0 Å².